The molecule has 0 saturated heterocycles. The van der Waals surface area contributed by atoms with E-state index in [1.807, 2.05) is 4.72 Å². The van der Waals surface area contributed by atoms with Crippen LogP contribution < -0.4 is 4.72 Å². The second-order valence-corrected chi connectivity index (χ2v) is 6.53. The number of nitrogens with zero attached hydrogens (tertiary/aromatic N) is 1. The van der Waals surface area contributed by atoms with E-state index in [9.17, 15) is 17.2 Å². The highest BCUT2D eigenvalue weighted by molar-refractivity contribution is 9.10. The number of aryl methyl sites for hydroxylation is 1. The van der Waals surface area contributed by atoms with Crippen molar-refractivity contribution in [1.82, 2.24) is 4.98 Å². The van der Waals surface area contributed by atoms with Gasteiger partial charge in [0.1, 0.15) is 5.69 Å². The number of hydrogen-bond donors (Lipinski definition) is 1. The molecule has 8 heteroatoms. The minimum absolute atomic E-state index is 0.0260. The van der Waals surface area contributed by atoms with Crippen LogP contribution in [0.3, 0.4) is 0 Å². The van der Waals surface area contributed by atoms with Gasteiger partial charge in [0.25, 0.3) is 10.0 Å². The predicted molar refractivity (Wildman–Crippen MR) is 73.8 cm³/mol. The molecule has 1 aromatic heterocycles. The fraction of sp³-hybridized carbons (Fsp3) is 0.0833. The summed E-state index contributed by atoms with van der Waals surface area (Å²) in [4.78, 5) is 2.89. The van der Waals surface area contributed by atoms with Crippen LogP contribution in [0.1, 0.15) is 5.56 Å². The van der Waals surface area contributed by atoms with E-state index in [-0.39, 0.29) is 4.90 Å². The van der Waals surface area contributed by atoms with Gasteiger partial charge < -0.3 is 0 Å². The van der Waals surface area contributed by atoms with Gasteiger partial charge in [-0.25, -0.2) is 8.42 Å². The van der Waals surface area contributed by atoms with E-state index < -0.39 is 27.6 Å². The van der Waals surface area contributed by atoms with Gasteiger partial charge in [0.05, 0.1) is 4.90 Å². The average Bonchev–Trinajstić information content (AvgIpc) is 2.36. The molecular formula is C12H9BrF2N2O2S. The van der Waals surface area contributed by atoms with Crippen molar-refractivity contribution < 1.29 is 17.2 Å². The molecular weight excluding hydrogens is 354 g/mol. The molecule has 0 radical (unpaired) electrons. The Bertz CT molecular complexity index is 766. The molecule has 0 aliphatic rings. The number of sulfonamides is 1. The Kier molecular flexibility index (Phi) is 4.05. The van der Waals surface area contributed by atoms with Crippen LogP contribution in [0, 0.1) is 18.8 Å². The standard InChI is InChI=1S/C12H9BrF2N2O2S/c1-7-6-8(2-3-9(7)13)20(18,19)17-10-4-5-11(14)16-12(10)15/h2-6,17H,1H3. The van der Waals surface area contributed by atoms with E-state index in [2.05, 4.69) is 20.9 Å². The van der Waals surface area contributed by atoms with Crippen molar-refractivity contribution in [2.24, 2.45) is 0 Å². The monoisotopic (exact) mass is 362 g/mol. The second-order valence-electron chi connectivity index (χ2n) is 3.99. The topological polar surface area (TPSA) is 59.1 Å². The Hall–Kier alpha value is -1.54. The molecule has 0 saturated carbocycles. The molecule has 4 nitrogen and oxygen atoms in total. The van der Waals surface area contributed by atoms with E-state index in [0.717, 1.165) is 16.6 Å². The van der Waals surface area contributed by atoms with Gasteiger partial charge in [0, 0.05) is 4.47 Å². The summed E-state index contributed by atoms with van der Waals surface area (Å²) < 4.78 is 53.0. The molecule has 1 N–H and O–H groups in total. The summed E-state index contributed by atoms with van der Waals surface area (Å²) in [6.07, 6.45) is 0. The number of aromatic nitrogens is 1. The maximum Gasteiger partial charge on any atom is 0.262 e. The minimum atomic E-state index is -3.96. The highest BCUT2D eigenvalue weighted by atomic mass is 79.9. The number of rotatable bonds is 3. The number of benzene rings is 1. The molecule has 0 unspecified atom stereocenters. The average molecular weight is 363 g/mol. The molecule has 2 rings (SSSR count). The molecule has 0 atom stereocenters. The van der Waals surface area contributed by atoms with Gasteiger partial charge in [-0.1, -0.05) is 15.9 Å². The molecule has 0 aliphatic carbocycles. The van der Waals surface area contributed by atoms with Gasteiger partial charge in [-0.05, 0) is 42.8 Å². The van der Waals surface area contributed by atoms with Gasteiger partial charge in [-0.2, -0.15) is 13.8 Å². The Labute approximate surface area is 123 Å². The lowest BCUT2D eigenvalue weighted by molar-refractivity contribution is 0.515. The van der Waals surface area contributed by atoms with Crippen molar-refractivity contribution >= 4 is 31.6 Å². The maximum absolute atomic E-state index is 13.4. The van der Waals surface area contributed by atoms with Crippen LogP contribution in [0.5, 0.6) is 0 Å². The van der Waals surface area contributed by atoms with Crippen molar-refractivity contribution in [3.63, 3.8) is 0 Å². The van der Waals surface area contributed by atoms with Gasteiger partial charge in [0.2, 0.25) is 11.9 Å². The lowest BCUT2D eigenvalue weighted by Crippen LogP contribution is -2.14. The molecule has 0 aliphatic heterocycles. The third-order valence-electron chi connectivity index (χ3n) is 2.50. The first-order valence-electron chi connectivity index (χ1n) is 5.40. The van der Waals surface area contributed by atoms with Crippen LogP contribution in [0.15, 0.2) is 39.7 Å². The molecule has 0 fully saturated rings. The fourth-order valence-electron chi connectivity index (χ4n) is 1.48. The minimum Gasteiger partial charge on any atom is -0.275 e. The van der Waals surface area contributed by atoms with Gasteiger partial charge >= 0.3 is 0 Å². The smallest absolute Gasteiger partial charge is 0.262 e. The molecule has 2 aromatic rings. The molecule has 1 aromatic carbocycles. The Morgan fingerprint density at radius 2 is 1.90 bits per heavy atom. The Balaban J connectivity index is 2.38. The number of anilines is 1. The van der Waals surface area contributed by atoms with E-state index in [1.54, 1.807) is 13.0 Å². The maximum atomic E-state index is 13.4. The molecule has 20 heavy (non-hydrogen) atoms. The third kappa shape index (κ3) is 3.13. The highest BCUT2D eigenvalue weighted by Crippen LogP contribution is 2.22. The van der Waals surface area contributed by atoms with Crippen molar-refractivity contribution in [3.8, 4) is 0 Å². The zero-order valence-electron chi connectivity index (χ0n) is 10.2. The van der Waals surface area contributed by atoms with Crippen LogP contribution in [0.4, 0.5) is 14.5 Å². The van der Waals surface area contributed by atoms with Crippen molar-refractivity contribution in [2.75, 3.05) is 4.72 Å². The van der Waals surface area contributed by atoms with Crippen LogP contribution in [0.25, 0.3) is 0 Å². The summed E-state index contributed by atoms with van der Waals surface area (Å²) in [6, 6.07) is 6.22. The van der Waals surface area contributed by atoms with Gasteiger partial charge in [0.15, 0.2) is 0 Å². The van der Waals surface area contributed by atoms with Crippen LogP contribution in [0.2, 0.25) is 0 Å². The van der Waals surface area contributed by atoms with Crippen LogP contribution in [-0.2, 0) is 10.0 Å². The van der Waals surface area contributed by atoms with E-state index in [4.69, 9.17) is 0 Å². The first-order chi connectivity index (χ1) is 9.29. The van der Waals surface area contributed by atoms with Crippen molar-refractivity contribution in [1.29, 1.82) is 0 Å². The summed E-state index contributed by atoms with van der Waals surface area (Å²) in [5.74, 6) is -2.24. The summed E-state index contributed by atoms with van der Waals surface area (Å²) in [5.41, 5.74) is 0.303. The molecule has 0 amide bonds. The molecule has 1 heterocycles. The van der Waals surface area contributed by atoms with E-state index in [0.29, 0.717) is 5.56 Å². The lowest BCUT2D eigenvalue weighted by Gasteiger charge is -2.09. The van der Waals surface area contributed by atoms with Crippen molar-refractivity contribution in [2.45, 2.75) is 11.8 Å². The summed E-state index contributed by atoms with van der Waals surface area (Å²) in [5, 5.41) is 0. The Morgan fingerprint density at radius 1 is 1.20 bits per heavy atom. The van der Waals surface area contributed by atoms with E-state index in [1.165, 1.54) is 12.1 Å². The van der Waals surface area contributed by atoms with E-state index >= 15 is 0 Å². The van der Waals surface area contributed by atoms with Gasteiger partial charge in [-0.3, -0.25) is 4.72 Å². The first-order valence-corrected chi connectivity index (χ1v) is 7.68. The quantitative estimate of drug-likeness (QED) is 0.852. The number of nitrogens with one attached hydrogen (secondary N) is 1. The molecule has 0 bridgehead atoms. The predicted octanol–water partition coefficient (Wildman–Crippen LogP) is 3.23. The zero-order chi connectivity index (χ0) is 14.9. The van der Waals surface area contributed by atoms with Crippen LogP contribution >= 0.6 is 15.9 Å². The normalized spacial score (nSPS) is 11.4. The number of pyridine rings is 1. The van der Waals surface area contributed by atoms with Gasteiger partial charge in [-0.15, -0.1) is 0 Å². The number of halogens is 3. The SMILES string of the molecule is Cc1cc(S(=O)(=O)Nc2ccc(F)nc2F)ccc1Br. The number of hydrogen-bond acceptors (Lipinski definition) is 3. The summed E-state index contributed by atoms with van der Waals surface area (Å²) in [7, 11) is -3.96. The first kappa shape index (κ1) is 14.9. The zero-order valence-corrected chi connectivity index (χ0v) is 12.6. The Morgan fingerprint density at radius 3 is 2.50 bits per heavy atom. The third-order valence-corrected chi connectivity index (χ3v) is 4.75. The fourth-order valence-corrected chi connectivity index (χ4v) is 2.86. The highest BCUT2D eigenvalue weighted by Gasteiger charge is 2.17. The summed E-state index contributed by atoms with van der Waals surface area (Å²) in [6.45, 7) is 1.73. The largest absolute Gasteiger partial charge is 0.275 e. The molecule has 0 spiro atoms. The van der Waals surface area contributed by atoms with Crippen LogP contribution in [-0.4, -0.2) is 13.4 Å². The second kappa shape index (κ2) is 5.45. The summed E-state index contributed by atoms with van der Waals surface area (Å²) >= 11 is 3.26. The van der Waals surface area contributed by atoms with Crippen molar-refractivity contribution in [3.05, 3.63) is 52.3 Å². The molecule has 106 valence electrons. The lowest BCUT2D eigenvalue weighted by atomic mass is 10.2.